The van der Waals surface area contributed by atoms with Crippen LogP contribution < -0.4 is 15.0 Å². The van der Waals surface area contributed by atoms with Crippen molar-refractivity contribution in [2.45, 2.75) is 25.9 Å². The number of hydrogen-bond donors (Lipinski definition) is 2. The number of piperidine rings is 1. The maximum absolute atomic E-state index is 12.7. The highest BCUT2D eigenvalue weighted by Crippen LogP contribution is 2.18. The van der Waals surface area contributed by atoms with E-state index in [2.05, 4.69) is 30.4 Å². The number of benzene rings is 1. The standard InChI is InChI=1S/C22H23N7O2/c30-20(24-21-25-22(27-26-21)28-10-3-1-4-11-28)16-7-6-8-18(13-16)31-15-17-14-29-12-5-2-9-19(29)23-17/h2,5-9,12-14H,1,3-4,10-11,15H2,(H2,24,25,26,27,30). The second-order valence-electron chi connectivity index (χ2n) is 7.50. The van der Waals surface area contributed by atoms with Crippen LogP contribution in [0.2, 0.25) is 0 Å². The minimum Gasteiger partial charge on any atom is -0.487 e. The van der Waals surface area contributed by atoms with E-state index in [-0.39, 0.29) is 5.91 Å². The molecular weight excluding hydrogens is 394 g/mol. The summed E-state index contributed by atoms with van der Waals surface area (Å²) >= 11 is 0. The van der Waals surface area contributed by atoms with Gasteiger partial charge in [0.05, 0.1) is 5.69 Å². The molecule has 2 N–H and O–H groups in total. The van der Waals surface area contributed by atoms with Crippen LogP contribution in [0.1, 0.15) is 35.3 Å². The van der Waals surface area contributed by atoms with E-state index < -0.39 is 0 Å². The largest absolute Gasteiger partial charge is 0.487 e. The number of pyridine rings is 1. The molecule has 0 atom stereocenters. The van der Waals surface area contributed by atoms with Gasteiger partial charge in [-0.3, -0.25) is 10.1 Å². The van der Waals surface area contributed by atoms with E-state index in [1.54, 1.807) is 18.2 Å². The van der Waals surface area contributed by atoms with Crippen LogP contribution in [0.25, 0.3) is 5.65 Å². The predicted molar refractivity (Wildman–Crippen MR) is 116 cm³/mol. The van der Waals surface area contributed by atoms with Crippen molar-refractivity contribution in [3.63, 3.8) is 0 Å². The Morgan fingerprint density at radius 3 is 2.87 bits per heavy atom. The number of H-pyrrole nitrogens is 1. The molecule has 0 unspecified atom stereocenters. The molecule has 0 radical (unpaired) electrons. The zero-order valence-electron chi connectivity index (χ0n) is 17.0. The van der Waals surface area contributed by atoms with Crippen LogP contribution in [0.5, 0.6) is 5.75 Å². The first kappa shape index (κ1) is 19.1. The van der Waals surface area contributed by atoms with E-state index in [1.807, 2.05) is 41.1 Å². The third-order valence-electron chi connectivity index (χ3n) is 5.24. The number of nitrogens with zero attached hydrogens (tertiary/aromatic N) is 5. The van der Waals surface area contributed by atoms with Crippen LogP contribution in [0.4, 0.5) is 11.9 Å². The van der Waals surface area contributed by atoms with Gasteiger partial charge in [0.25, 0.3) is 5.91 Å². The second-order valence-corrected chi connectivity index (χ2v) is 7.50. The Labute approximate surface area is 179 Å². The smallest absolute Gasteiger partial charge is 0.258 e. The van der Waals surface area contributed by atoms with Crippen molar-refractivity contribution < 1.29 is 9.53 Å². The number of aromatic nitrogens is 5. The SMILES string of the molecule is O=C(Nc1nc(N2CCCCC2)n[nH]1)c1cccc(OCc2cn3ccccc3n2)c1. The molecule has 4 aromatic rings. The number of amides is 1. The van der Waals surface area contributed by atoms with Gasteiger partial charge in [0.2, 0.25) is 11.9 Å². The van der Waals surface area contributed by atoms with Crippen molar-refractivity contribution in [1.29, 1.82) is 0 Å². The van der Waals surface area contributed by atoms with Crippen molar-refractivity contribution >= 4 is 23.5 Å². The third kappa shape index (κ3) is 4.35. The Kier molecular flexibility index (Phi) is 5.22. The summed E-state index contributed by atoms with van der Waals surface area (Å²) in [6.45, 7) is 2.20. The van der Waals surface area contributed by atoms with Gasteiger partial charge in [-0.1, -0.05) is 12.1 Å². The van der Waals surface area contributed by atoms with Gasteiger partial charge in [0.15, 0.2) is 0 Å². The molecule has 3 aromatic heterocycles. The maximum atomic E-state index is 12.7. The molecule has 1 saturated heterocycles. The normalized spacial score (nSPS) is 14.0. The zero-order chi connectivity index (χ0) is 21.0. The van der Waals surface area contributed by atoms with E-state index in [9.17, 15) is 4.79 Å². The number of rotatable bonds is 6. The van der Waals surface area contributed by atoms with Crippen LogP contribution in [0.15, 0.2) is 54.9 Å². The van der Waals surface area contributed by atoms with E-state index in [0.29, 0.717) is 29.8 Å². The van der Waals surface area contributed by atoms with Gasteiger partial charge in [-0.2, -0.15) is 4.98 Å². The van der Waals surface area contributed by atoms with Gasteiger partial charge in [-0.15, -0.1) is 5.10 Å². The van der Waals surface area contributed by atoms with Crippen LogP contribution in [-0.2, 0) is 6.61 Å². The fraction of sp³-hybridized carbons (Fsp3) is 0.273. The summed E-state index contributed by atoms with van der Waals surface area (Å²) < 4.78 is 7.79. The van der Waals surface area contributed by atoms with Crippen LogP contribution >= 0.6 is 0 Å². The van der Waals surface area contributed by atoms with Gasteiger partial charge < -0.3 is 14.0 Å². The molecule has 0 bridgehead atoms. The summed E-state index contributed by atoms with van der Waals surface area (Å²) in [4.78, 5) is 23.7. The first-order valence-corrected chi connectivity index (χ1v) is 10.4. The third-order valence-corrected chi connectivity index (χ3v) is 5.24. The minimum atomic E-state index is -0.278. The number of carbonyl (C=O) groups is 1. The number of hydrogen-bond acceptors (Lipinski definition) is 6. The summed E-state index contributed by atoms with van der Waals surface area (Å²) in [7, 11) is 0. The van der Waals surface area contributed by atoms with Crippen LogP contribution in [0, 0.1) is 0 Å². The van der Waals surface area contributed by atoms with Crippen molar-refractivity contribution in [1.82, 2.24) is 24.6 Å². The van der Waals surface area contributed by atoms with Crippen molar-refractivity contribution in [2.75, 3.05) is 23.3 Å². The summed E-state index contributed by atoms with van der Waals surface area (Å²) in [6.07, 6.45) is 7.38. The fourth-order valence-electron chi connectivity index (χ4n) is 3.67. The van der Waals surface area contributed by atoms with Crippen molar-refractivity contribution in [3.8, 4) is 5.75 Å². The van der Waals surface area contributed by atoms with Crippen molar-refractivity contribution in [3.05, 3.63) is 66.1 Å². The minimum absolute atomic E-state index is 0.278. The summed E-state index contributed by atoms with van der Waals surface area (Å²) in [5.41, 5.74) is 2.15. The molecule has 0 aliphatic carbocycles. The lowest BCUT2D eigenvalue weighted by Crippen LogP contribution is -2.30. The monoisotopic (exact) mass is 417 g/mol. The Morgan fingerprint density at radius 2 is 2.00 bits per heavy atom. The highest BCUT2D eigenvalue weighted by Gasteiger charge is 2.16. The van der Waals surface area contributed by atoms with Crippen molar-refractivity contribution in [2.24, 2.45) is 0 Å². The molecule has 0 saturated carbocycles. The predicted octanol–water partition coefficient (Wildman–Crippen LogP) is 3.27. The van der Waals surface area contributed by atoms with Crippen LogP contribution in [0.3, 0.4) is 0 Å². The van der Waals surface area contributed by atoms with E-state index in [0.717, 1.165) is 37.3 Å². The lowest BCUT2D eigenvalue weighted by molar-refractivity contribution is 0.102. The maximum Gasteiger partial charge on any atom is 0.258 e. The molecule has 1 aliphatic rings. The average Bonchev–Trinajstić information content (AvgIpc) is 3.45. The Hall–Kier alpha value is -3.88. The Bertz CT molecular complexity index is 1160. The molecule has 1 aromatic carbocycles. The Balaban J connectivity index is 1.22. The van der Waals surface area contributed by atoms with E-state index in [1.165, 1.54) is 6.42 Å². The molecule has 0 spiro atoms. The number of ether oxygens (including phenoxy) is 1. The number of fused-ring (bicyclic) bond motifs is 1. The number of imidazole rings is 1. The van der Waals surface area contributed by atoms with Gasteiger partial charge in [0, 0.05) is 31.0 Å². The Morgan fingerprint density at radius 1 is 1.10 bits per heavy atom. The second kappa shape index (κ2) is 8.47. The zero-order valence-corrected chi connectivity index (χ0v) is 17.0. The van der Waals surface area contributed by atoms with Gasteiger partial charge in [0.1, 0.15) is 18.0 Å². The average molecular weight is 417 g/mol. The molecule has 158 valence electrons. The number of nitrogens with one attached hydrogen (secondary N) is 2. The highest BCUT2D eigenvalue weighted by molar-refractivity contribution is 6.03. The van der Waals surface area contributed by atoms with Gasteiger partial charge in [-0.05, 0) is 49.6 Å². The molecule has 1 fully saturated rings. The quantitative estimate of drug-likeness (QED) is 0.499. The molecule has 9 nitrogen and oxygen atoms in total. The molecule has 4 heterocycles. The molecule has 9 heteroatoms. The topological polar surface area (TPSA) is 100 Å². The van der Waals surface area contributed by atoms with E-state index >= 15 is 0 Å². The lowest BCUT2D eigenvalue weighted by Gasteiger charge is -2.24. The first-order chi connectivity index (χ1) is 15.2. The summed E-state index contributed by atoms with van der Waals surface area (Å²) in [5, 5.41) is 9.80. The first-order valence-electron chi connectivity index (χ1n) is 10.4. The fourth-order valence-corrected chi connectivity index (χ4v) is 3.67. The summed E-state index contributed by atoms with van der Waals surface area (Å²) in [6, 6.07) is 12.9. The highest BCUT2D eigenvalue weighted by atomic mass is 16.5. The summed E-state index contributed by atoms with van der Waals surface area (Å²) in [5.74, 6) is 1.27. The van der Waals surface area contributed by atoms with Gasteiger partial charge >= 0.3 is 0 Å². The molecule has 31 heavy (non-hydrogen) atoms. The number of anilines is 2. The number of aromatic amines is 1. The van der Waals surface area contributed by atoms with Gasteiger partial charge in [-0.25, -0.2) is 10.1 Å². The molecule has 5 rings (SSSR count). The lowest BCUT2D eigenvalue weighted by atomic mass is 10.1. The van der Waals surface area contributed by atoms with E-state index in [4.69, 9.17) is 4.74 Å². The molecular formula is C22H23N7O2. The molecule has 1 aliphatic heterocycles. The molecule has 1 amide bonds. The van der Waals surface area contributed by atoms with Crippen LogP contribution in [-0.4, -0.2) is 43.6 Å². The number of carbonyl (C=O) groups excluding carboxylic acids is 1.